The zero-order valence-corrected chi connectivity index (χ0v) is 15.9. The minimum Gasteiger partial charge on any atom is -0.507 e. The van der Waals surface area contributed by atoms with Crippen LogP contribution in [0, 0.1) is 18.3 Å². The van der Waals surface area contributed by atoms with Crippen molar-refractivity contribution in [3.05, 3.63) is 81.4 Å². The minimum absolute atomic E-state index is 0.0283. The minimum atomic E-state index is -0.899. The van der Waals surface area contributed by atoms with Gasteiger partial charge in [-0.2, -0.15) is 5.26 Å². The van der Waals surface area contributed by atoms with Crippen LogP contribution in [0.3, 0.4) is 0 Å². The summed E-state index contributed by atoms with van der Waals surface area (Å²) in [5, 5.41) is 22.5. The van der Waals surface area contributed by atoms with Crippen LogP contribution in [-0.2, 0) is 11.2 Å². The third-order valence-electron chi connectivity index (χ3n) is 4.63. The van der Waals surface area contributed by atoms with Gasteiger partial charge in [-0.25, -0.2) is 9.78 Å². The van der Waals surface area contributed by atoms with Crippen molar-refractivity contribution in [2.24, 2.45) is 0 Å². The number of ether oxygens (including phenoxy) is 1. The van der Waals surface area contributed by atoms with Crippen molar-refractivity contribution in [2.75, 3.05) is 0 Å². The molecule has 0 spiro atoms. The van der Waals surface area contributed by atoms with Crippen LogP contribution >= 0.6 is 11.3 Å². The third-order valence-corrected chi connectivity index (χ3v) is 5.49. The SMILES string of the molecule is Cc1ccc(-c2csc(/C(C#N)=C(\O)C3Cc4ccccc4C(=O)O3)n2)cc1. The lowest BCUT2D eigenvalue weighted by molar-refractivity contribution is 0.0251. The number of carbonyl (C=O) groups excluding carboxylic acids is 1. The molecule has 1 N–H and O–H groups in total. The molecule has 0 amide bonds. The summed E-state index contributed by atoms with van der Waals surface area (Å²) in [6.07, 6.45) is -0.585. The average molecular weight is 388 g/mol. The molecule has 6 heteroatoms. The maximum atomic E-state index is 12.2. The van der Waals surface area contributed by atoms with Crippen LogP contribution < -0.4 is 0 Å². The van der Waals surface area contributed by atoms with Gasteiger partial charge in [0.2, 0.25) is 0 Å². The summed E-state index contributed by atoms with van der Waals surface area (Å²) < 4.78 is 5.36. The van der Waals surface area contributed by atoms with E-state index in [1.807, 2.05) is 54.8 Å². The molecule has 1 atom stereocenters. The highest BCUT2D eigenvalue weighted by molar-refractivity contribution is 7.11. The standard InChI is InChI=1S/C22H16N2O3S/c1-13-6-8-14(9-7-13)18-12-28-21(24-18)17(11-23)20(25)19-10-15-4-2-3-5-16(15)22(26)27-19/h2-9,12,19,25H,10H2,1H3/b20-17-. The average Bonchev–Trinajstić information content (AvgIpc) is 3.19. The van der Waals surface area contributed by atoms with Crippen LogP contribution in [-0.4, -0.2) is 22.2 Å². The number of esters is 1. The number of aliphatic hydroxyl groups is 1. The van der Waals surface area contributed by atoms with Crippen molar-refractivity contribution in [3.8, 4) is 17.3 Å². The number of hydrogen-bond donors (Lipinski definition) is 1. The molecule has 138 valence electrons. The van der Waals surface area contributed by atoms with Gasteiger partial charge in [-0.3, -0.25) is 0 Å². The Hall–Kier alpha value is -3.43. The van der Waals surface area contributed by atoms with E-state index in [1.54, 1.807) is 12.1 Å². The van der Waals surface area contributed by atoms with E-state index in [1.165, 1.54) is 11.3 Å². The number of carbonyl (C=O) groups is 1. The Morgan fingerprint density at radius 1 is 1.25 bits per heavy atom. The first-order valence-electron chi connectivity index (χ1n) is 8.72. The predicted octanol–water partition coefficient (Wildman–Crippen LogP) is 4.69. The lowest BCUT2D eigenvalue weighted by atomic mass is 9.96. The Kier molecular flexibility index (Phi) is 4.68. The van der Waals surface area contributed by atoms with Crippen molar-refractivity contribution in [2.45, 2.75) is 19.4 Å². The highest BCUT2D eigenvalue weighted by Gasteiger charge is 2.31. The molecule has 1 aromatic heterocycles. The largest absolute Gasteiger partial charge is 0.507 e. The molecule has 1 unspecified atom stereocenters. The molecule has 0 radical (unpaired) electrons. The van der Waals surface area contributed by atoms with Gasteiger partial charge in [0.15, 0.2) is 11.9 Å². The van der Waals surface area contributed by atoms with Gasteiger partial charge < -0.3 is 9.84 Å². The van der Waals surface area contributed by atoms with Crippen molar-refractivity contribution in [1.29, 1.82) is 5.26 Å². The number of fused-ring (bicyclic) bond motifs is 1. The van der Waals surface area contributed by atoms with Gasteiger partial charge in [-0.1, -0.05) is 48.0 Å². The number of aromatic nitrogens is 1. The number of thiazole rings is 1. The quantitative estimate of drug-likeness (QED) is 0.400. The number of hydrogen-bond acceptors (Lipinski definition) is 6. The summed E-state index contributed by atoms with van der Waals surface area (Å²) >= 11 is 1.27. The molecule has 0 aliphatic carbocycles. The van der Waals surface area contributed by atoms with Crippen molar-refractivity contribution in [3.63, 3.8) is 0 Å². The van der Waals surface area contributed by atoms with Crippen molar-refractivity contribution >= 4 is 22.9 Å². The van der Waals surface area contributed by atoms with Crippen LogP contribution in [0.4, 0.5) is 0 Å². The van der Waals surface area contributed by atoms with Crippen molar-refractivity contribution < 1.29 is 14.6 Å². The van der Waals surface area contributed by atoms with Crippen LogP contribution in [0.25, 0.3) is 16.8 Å². The zero-order valence-electron chi connectivity index (χ0n) is 15.0. The van der Waals surface area contributed by atoms with Crippen LogP contribution in [0.15, 0.2) is 59.7 Å². The second kappa shape index (κ2) is 7.29. The molecule has 1 aliphatic rings. The van der Waals surface area contributed by atoms with Crippen LogP contribution in [0.5, 0.6) is 0 Å². The fraction of sp³-hybridized carbons (Fsp3) is 0.136. The molecule has 0 saturated carbocycles. The number of benzene rings is 2. The highest BCUT2D eigenvalue weighted by Crippen LogP contribution is 2.31. The Bertz CT molecular complexity index is 1120. The Morgan fingerprint density at radius 2 is 2.00 bits per heavy atom. The second-order valence-electron chi connectivity index (χ2n) is 6.53. The normalized spacial score (nSPS) is 16.6. The maximum absolute atomic E-state index is 12.2. The van der Waals surface area contributed by atoms with E-state index in [9.17, 15) is 15.2 Å². The Balaban J connectivity index is 1.67. The number of nitriles is 1. The molecule has 1 aliphatic heterocycles. The van der Waals surface area contributed by atoms with E-state index in [-0.39, 0.29) is 11.3 Å². The van der Waals surface area contributed by atoms with Gasteiger partial charge in [-0.05, 0) is 18.6 Å². The molecule has 2 heterocycles. The van der Waals surface area contributed by atoms with E-state index >= 15 is 0 Å². The summed E-state index contributed by atoms with van der Waals surface area (Å²) in [7, 11) is 0. The van der Waals surface area contributed by atoms with Gasteiger partial charge in [0.25, 0.3) is 0 Å². The summed E-state index contributed by atoms with van der Waals surface area (Å²) in [5.41, 5.74) is 4.11. The first-order chi connectivity index (χ1) is 13.6. The fourth-order valence-electron chi connectivity index (χ4n) is 3.11. The number of rotatable bonds is 3. The van der Waals surface area contributed by atoms with Crippen LogP contribution in [0.1, 0.15) is 26.5 Å². The van der Waals surface area contributed by atoms with E-state index < -0.39 is 12.1 Å². The predicted molar refractivity (Wildman–Crippen MR) is 107 cm³/mol. The topological polar surface area (TPSA) is 83.2 Å². The number of nitrogens with zero attached hydrogens (tertiary/aromatic N) is 2. The van der Waals surface area contributed by atoms with Crippen LogP contribution in [0.2, 0.25) is 0 Å². The number of aliphatic hydroxyl groups excluding tert-OH is 1. The first-order valence-corrected chi connectivity index (χ1v) is 9.60. The third kappa shape index (κ3) is 3.28. The fourth-order valence-corrected chi connectivity index (χ4v) is 3.94. The smallest absolute Gasteiger partial charge is 0.339 e. The van der Waals surface area contributed by atoms with Crippen molar-refractivity contribution in [1.82, 2.24) is 4.98 Å². The van der Waals surface area contributed by atoms with Gasteiger partial charge in [0.05, 0.1) is 11.3 Å². The molecule has 0 saturated heterocycles. The van der Waals surface area contributed by atoms with Gasteiger partial charge >= 0.3 is 5.97 Å². The van der Waals surface area contributed by atoms with E-state index in [2.05, 4.69) is 4.98 Å². The Morgan fingerprint density at radius 3 is 2.75 bits per heavy atom. The van der Waals surface area contributed by atoms with E-state index in [4.69, 9.17) is 4.74 Å². The lowest BCUT2D eigenvalue weighted by Gasteiger charge is -2.24. The highest BCUT2D eigenvalue weighted by atomic mass is 32.1. The molecular weight excluding hydrogens is 372 g/mol. The monoisotopic (exact) mass is 388 g/mol. The molecule has 5 nitrogen and oxygen atoms in total. The molecular formula is C22H16N2O3S. The summed E-state index contributed by atoms with van der Waals surface area (Å²) in [4.78, 5) is 16.7. The zero-order chi connectivity index (χ0) is 19.7. The number of cyclic esters (lactones) is 1. The summed E-state index contributed by atoms with van der Waals surface area (Å²) in [5.74, 6) is -0.773. The number of allylic oxidation sites excluding steroid dienone is 1. The molecule has 0 fully saturated rings. The first kappa shape index (κ1) is 18.0. The molecule has 4 rings (SSSR count). The lowest BCUT2D eigenvalue weighted by Crippen LogP contribution is -2.29. The van der Waals surface area contributed by atoms with E-state index in [0.717, 1.165) is 22.4 Å². The molecule has 0 bridgehead atoms. The van der Waals surface area contributed by atoms with E-state index in [0.29, 0.717) is 17.0 Å². The molecule has 3 aromatic rings. The van der Waals surface area contributed by atoms with Gasteiger partial charge in [0.1, 0.15) is 16.6 Å². The van der Waals surface area contributed by atoms with Gasteiger partial charge in [0, 0.05) is 17.4 Å². The Labute approximate surface area is 166 Å². The molecule has 28 heavy (non-hydrogen) atoms. The molecule has 2 aromatic carbocycles. The summed E-state index contributed by atoms with van der Waals surface area (Å²) in [6, 6.07) is 17.0. The maximum Gasteiger partial charge on any atom is 0.339 e. The summed E-state index contributed by atoms with van der Waals surface area (Å²) in [6.45, 7) is 2.01. The number of aryl methyl sites for hydroxylation is 1. The second-order valence-corrected chi connectivity index (χ2v) is 7.39. The van der Waals surface area contributed by atoms with Gasteiger partial charge in [-0.15, -0.1) is 11.3 Å².